The summed E-state index contributed by atoms with van der Waals surface area (Å²) < 4.78 is 68.6. The van der Waals surface area contributed by atoms with Gasteiger partial charge in [-0.1, -0.05) is 351 Å². The van der Waals surface area contributed by atoms with Gasteiger partial charge in [0.25, 0.3) is 0 Å². The highest BCUT2D eigenvalue weighted by atomic mass is 31.2. The summed E-state index contributed by atoms with van der Waals surface area (Å²) in [5.74, 6) is 0.927. The van der Waals surface area contributed by atoms with Gasteiger partial charge in [0.05, 0.1) is 26.4 Å². The number of rotatable bonds is 76. The molecule has 0 radical (unpaired) electrons. The molecule has 2 unspecified atom stereocenters. The van der Waals surface area contributed by atoms with E-state index in [4.69, 9.17) is 37.0 Å². The van der Waals surface area contributed by atoms with Crippen LogP contribution in [0.3, 0.4) is 0 Å². The summed E-state index contributed by atoms with van der Waals surface area (Å²) in [4.78, 5) is 72.9. The normalized spacial score (nSPS) is 14.1. The Balaban J connectivity index is 5.22. The number of esters is 4. The summed E-state index contributed by atoms with van der Waals surface area (Å²) in [5.41, 5.74) is 0. The lowest BCUT2D eigenvalue weighted by molar-refractivity contribution is -0.161. The minimum atomic E-state index is -4.96. The predicted molar refractivity (Wildman–Crippen MR) is 400 cm³/mol. The van der Waals surface area contributed by atoms with E-state index in [9.17, 15) is 43.2 Å². The summed E-state index contributed by atoms with van der Waals surface area (Å²) in [5, 5.41) is 10.6. The summed E-state index contributed by atoms with van der Waals surface area (Å²) in [6, 6.07) is 0. The molecule has 0 aromatic carbocycles. The Morgan fingerprint density at radius 3 is 0.633 bits per heavy atom. The third kappa shape index (κ3) is 72.4. The average Bonchev–Trinajstić information content (AvgIpc) is 0.960. The molecular weight excluding hydrogens is 1280 g/mol. The van der Waals surface area contributed by atoms with E-state index in [0.29, 0.717) is 31.6 Å². The molecule has 0 aromatic rings. The van der Waals surface area contributed by atoms with Crippen LogP contribution in [0.25, 0.3) is 0 Å². The van der Waals surface area contributed by atoms with E-state index in [-0.39, 0.29) is 25.7 Å². The highest BCUT2D eigenvalue weighted by molar-refractivity contribution is 7.47. The fourth-order valence-electron chi connectivity index (χ4n) is 12.1. The van der Waals surface area contributed by atoms with Crippen LogP contribution in [0.4, 0.5) is 0 Å². The van der Waals surface area contributed by atoms with Crippen molar-refractivity contribution >= 4 is 39.5 Å². The SMILES string of the molecule is CC(C)CCCCCCCCCCCCCCCCCCC(=O)OC[C@H](COP(=O)(O)OC[C@@H](O)COP(=O)(O)OC[C@@H](COC(=O)CCCCCCCCC(C)C)OC(=O)CCCCCCCCCCCCCCC(C)C)OC(=O)CCCCCCCCCCCCCCC(C)C. The van der Waals surface area contributed by atoms with Crippen molar-refractivity contribution in [2.45, 2.75) is 420 Å². The van der Waals surface area contributed by atoms with E-state index in [0.717, 1.165) is 114 Å². The zero-order chi connectivity index (χ0) is 72.4. The monoisotopic (exact) mass is 1440 g/mol. The van der Waals surface area contributed by atoms with Crippen LogP contribution in [0.5, 0.6) is 0 Å². The van der Waals surface area contributed by atoms with Crippen LogP contribution >= 0.6 is 15.6 Å². The molecule has 0 fully saturated rings. The van der Waals surface area contributed by atoms with Gasteiger partial charge in [0.15, 0.2) is 12.2 Å². The maximum atomic E-state index is 13.1. The van der Waals surface area contributed by atoms with E-state index in [2.05, 4.69) is 55.4 Å². The lowest BCUT2D eigenvalue weighted by Gasteiger charge is -2.21. The summed E-state index contributed by atoms with van der Waals surface area (Å²) in [7, 11) is -9.92. The first-order valence-corrected chi connectivity index (χ1v) is 43.7. The predicted octanol–water partition coefficient (Wildman–Crippen LogP) is 23.2. The van der Waals surface area contributed by atoms with Crippen molar-refractivity contribution in [3.63, 3.8) is 0 Å². The van der Waals surface area contributed by atoms with Gasteiger partial charge in [0, 0.05) is 25.7 Å². The second-order valence-corrected chi connectivity index (χ2v) is 33.3. The molecule has 0 heterocycles. The molecular formula is C79H154O17P2. The van der Waals surface area contributed by atoms with Gasteiger partial charge in [0.1, 0.15) is 19.3 Å². The van der Waals surface area contributed by atoms with E-state index in [1.165, 1.54) is 199 Å². The topological polar surface area (TPSA) is 237 Å². The minimum Gasteiger partial charge on any atom is -0.462 e. The van der Waals surface area contributed by atoms with Gasteiger partial charge in [-0.3, -0.25) is 37.3 Å². The lowest BCUT2D eigenvalue weighted by atomic mass is 10.0. The summed E-state index contributed by atoms with van der Waals surface area (Å²) in [6.07, 6.45) is 54.3. The first kappa shape index (κ1) is 96.1. The molecule has 0 saturated heterocycles. The number of aliphatic hydroxyl groups excluding tert-OH is 1. The molecule has 0 amide bonds. The lowest BCUT2D eigenvalue weighted by Crippen LogP contribution is -2.30. The fraction of sp³-hybridized carbons (Fsp3) is 0.949. The standard InChI is InChI=1S/C79H154O17P2/c1-69(2)55-47-39-31-25-19-13-11-9-10-12-14-22-28-34-43-51-59-76(81)89-65-74(95-78(83)61-53-45-35-29-23-17-15-20-26-32-40-48-56-70(3)4)67-93-97(85,86)91-63-73(80)64-92-98(87,88)94-68-75(66-90-77(82)60-52-44-38-37-42-50-58-72(7)8)96-79(84)62-54-46-36-30-24-18-16-21-27-33-41-49-57-71(5)6/h69-75,80H,9-68H2,1-8H3,(H,85,86)(H,87,88)/t73-,74-,75-/m1/s1. The van der Waals surface area contributed by atoms with Crippen LogP contribution in [0.15, 0.2) is 0 Å². The van der Waals surface area contributed by atoms with E-state index < -0.39 is 97.5 Å². The van der Waals surface area contributed by atoms with Crippen LogP contribution in [0.1, 0.15) is 402 Å². The van der Waals surface area contributed by atoms with E-state index >= 15 is 0 Å². The van der Waals surface area contributed by atoms with Crippen LogP contribution < -0.4 is 0 Å². The van der Waals surface area contributed by atoms with Crippen molar-refractivity contribution in [1.29, 1.82) is 0 Å². The average molecular weight is 1440 g/mol. The largest absolute Gasteiger partial charge is 0.472 e. The summed E-state index contributed by atoms with van der Waals surface area (Å²) >= 11 is 0. The maximum Gasteiger partial charge on any atom is 0.472 e. The smallest absolute Gasteiger partial charge is 0.462 e. The zero-order valence-electron chi connectivity index (χ0n) is 64.4. The van der Waals surface area contributed by atoms with Crippen molar-refractivity contribution in [3.8, 4) is 0 Å². The molecule has 0 spiro atoms. The van der Waals surface area contributed by atoms with Gasteiger partial charge in [-0.15, -0.1) is 0 Å². The Labute approximate surface area is 600 Å². The Bertz CT molecular complexity index is 1920. The zero-order valence-corrected chi connectivity index (χ0v) is 66.2. The Kier molecular flexibility index (Phi) is 66.8. The molecule has 19 heteroatoms. The van der Waals surface area contributed by atoms with Gasteiger partial charge in [-0.25, -0.2) is 9.13 Å². The van der Waals surface area contributed by atoms with Crippen LogP contribution in [0.2, 0.25) is 0 Å². The Morgan fingerprint density at radius 1 is 0.255 bits per heavy atom. The van der Waals surface area contributed by atoms with Gasteiger partial charge >= 0.3 is 39.5 Å². The third-order valence-electron chi connectivity index (χ3n) is 18.3. The molecule has 582 valence electrons. The van der Waals surface area contributed by atoms with E-state index in [1.807, 2.05) is 0 Å². The molecule has 0 aliphatic rings. The molecule has 98 heavy (non-hydrogen) atoms. The van der Waals surface area contributed by atoms with Gasteiger partial charge in [0.2, 0.25) is 0 Å². The van der Waals surface area contributed by atoms with Crippen LogP contribution in [0, 0.1) is 23.7 Å². The van der Waals surface area contributed by atoms with Gasteiger partial charge < -0.3 is 33.8 Å². The van der Waals surface area contributed by atoms with E-state index in [1.54, 1.807) is 0 Å². The molecule has 0 aromatic heterocycles. The molecule has 0 bridgehead atoms. The van der Waals surface area contributed by atoms with Crippen molar-refractivity contribution in [1.82, 2.24) is 0 Å². The quantitative estimate of drug-likeness (QED) is 0.0222. The first-order valence-electron chi connectivity index (χ1n) is 40.7. The van der Waals surface area contributed by atoms with Gasteiger partial charge in [-0.2, -0.15) is 0 Å². The molecule has 0 aliphatic carbocycles. The molecule has 0 rings (SSSR count). The Morgan fingerprint density at radius 2 is 0.429 bits per heavy atom. The van der Waals surface area contributed by atoms with Crippen molar-refractivity contribution in [2.75, 3.05) is 39.6 Å². The molecule has 5 atom stereocenters. The van der Waals surface area contributed by atoms with Crippen molar-refractivity contribution < 1.29 is 80.2 Å². The number of carbonyl (C=O) groups is 4. The molecule has 3 N–H and O–H groups in total. The minimum absolute atomic E-state index is 0.105. The number of unbranched alkanes of at least 4 members (excludes halogenated alkanes) is 42. The fourth-order valence-corrected chi connectivity index (χ4v) is 13.7. The number of phosphoric acid groups is 2. The number of phosphoric ester groups is 2. The molecule has 0 saturated carbocycles. The Hall–Kier alpha value is -1.94. The first-order chi connectivity index (χ1) is 47.1. The third-order valence-corrected chi connectivity index (χ3v) is 20.2. The highest BCUT2D eigenvalue weighted by Gasteiger charge is 2.30. The number of hydrogen-bond acceptors (Lipinski definition) is 15. The van der Waals surface area contributed by atoms with Crippen molar-refractivity contribution in [2.24, 2.45) is 23.7 Å². The summed E-state index contributed by atoms with van der Waals surface area (Å²) in [6.45, 7) is 14.2. The molecule has 0 aliphatic heterocycles. The second-order valence-electron chi connectivity index (χ2n) is 30.4. The number of hydrogen-bond donors (Lipinski definition) is 3. The van der Waals surface area contributed by atoms with Crippen LogP contribution in [-0.2, 0) is 65.4 Å². The maximum absolute atomic E-state index is 13.1. The number of carbonyl (C=O) groups excluding carboxylic acids is 4. The number of aliphatic hydroxyl groups is 1. The van der Waals surface area contributed by atoms with Crippen LogP contribution in [-0.4, -0.2) is 96.7 Å². The highest BCUT2D eigenvalue weighted by Crippen LogP contribution is 2.45. The second kappa shape index (κ2) is 68.2. The van der Waals surface area contributed by atoms with Gasteiger partial charge in [-0.05, 0) is 49.4 Å². The molecule has 17 nitrogen and oxygen atoms in total. The number of ether oxygens (including phenoxy) is 4. The van der Waals surface area contributed by atoms with Crippen molar-refractivity contribution in [3.05, 3.63) is 0 Å².